The van der Waals surface area contributed by atoms with Crippen molar-refractivity contribution < 1.29 is 4.79 Å². The number of hydrogen-bond donors (Lipinski definition) is 1. The van der Waals surface area contributed by atoms with E-state index in [1.165, 1.54) is 32.4 Å². The summed E-state index contributed by atoms with van der Waals surface area (Å²) in [5.74, 6) is 1.10. The lowest BCUT2D eigenvalue weighted by Crippen LogP contribution is -2.43. The van der Waals surface area contributed by atoms with Crippen LogP contribution in [0.4, 0.5) is 0 Å². The Balaban J connectivity index is 1.76. The maximum atomic E-state index is 12.2. The van der Waals surface area contributed by atoms with Gasteiger partial charge < -0.3 is 9.80 Å². The first-order valence-electron chi connectivity index (χ1n) is 7.28. The Morgan fingerprint density at radius 1 is 1.39 bits per heavy atom. The summed E-state index contributed by atoms with van der Waals surface area (Å²) in [4.78, 5) is 16.6. The Bertz CT molecular complexity index is 299. The topological polar surface area (TPSA) is 35.6 Å². The van der Waals surface area contributed by atoms with Gasteiger partial charge in [0.05, 0.1) is 12.2 Å². The molecule has 2 heterocycles. The van der Waals surface area contributed by atoms with Crippen LogP contribution in [0, 0.1) is 5.92 Å². The number of carbonyl (C=O) groups is 1. The van der Waals surface area contributed by atoms with E-state index in [9.17, 15) is 4.79 Å². The standard InChI is InChI=1S/C14H27N3O/c1-4-14(2)13(18)17(11-15-14)10-7-12-5-8-16(3)9-6-12/h12,15H,4-11H2,1-3H3. The molecule has 18 heavy (non-hydrogen) atoms. The van der Waals surface area contributed by atoms with Gasteiger partial charge in [0.2, 0.25) is 5.91 Å². The van der Waals surface area contributed by atoms with Gasteiger partial charge in [0.1, 0.15) is 0 Å². The molecule has 0 aromatic heterocycles. The number of nitrogens with zero attached hydrogens (tertiary/aromatic N) is 2. The van der Waals surface area contributed by atoms with Crippen molar-refractivity contribution in [2.75, 3.05) is 33.4 Å². The molecule has 2 aliphatic heterocycles. The lowest BCUT2D eigenvalue weighted by atomic mass is 9.93. The average Bonchev–Trinajstić information content (AvgIpc) is 2.67. The van der Waals surface area contributed by atoms with Crippen LogP contribution in [0.3, 0.4) is 0 Å². The number of rotatable bonds is 4. The normalized spacial score (nSPS) is 31.3. The zero-order valence-corrected chi connectivity index (χ0v) is 12.0. The molecular weight excluding hydrogens is 226 g/mol. The number of nitrogens with one attached hydrogen (secondary N) is 1. The molecule has 2 aliphatic rings. The molecule has 4 heteroatoms. The van der Waals surface area contributed by atoms with Crippen LogP contribution in [0.5, 0.6) is 0 Å². The monoisotopic (exact) mass is 253 g/mol. The van der Waals surface area contributed by atoms with E-state index < -0.39 is 0 Å². The van der Waals surface area contributed by atoms with Gasteiger partial charge in [0, 0.05) is 6.54 Å². The summed E-state index contributed by atoms with van der Waals surface area (Å²) in [5.41, 5.74) is -0.313. The second-order valence-corrected chi connectivity index (χ2v) is 6.12. The molecule has 1 unspecified atom stereocenters. The van der Waals surface area contributed by atoms with Crippen LogP contribution < -0.4 is 5.32 Å². The van der Waals surface area contributed by atoms with Crippen LogP contribution in [-0.4, -0.2) is 54.6 Å². The third-order valence-corrected chi connectivity index (χ3v) is 4.77. The summed E-state index contributed by atoms with van der Waals surface area (Å²) in [6, 6.07) is 0. The summed E-state index contributed by atoms with van der Waals surface area (Å²) in [7, 11) is 2.19. The van der Waals surface area contributed by atoms with Crippen LogP contribution in [0.25, 0.3) is 0 Å². The number of hydrogen-bond acceptors (Lipinski definition) is 3. The molecule has 0 aliphatic carbocycles. The van der Waals surface area contributed by atoms with E-state index >= 15 is 0 Å². The Hall–Kier alpha value is -0.610. The molecular formula is C14H27N3O. The lowest BCUT2D eigenvalue weighted by Gasteiger charge is -2.30. The number of likely N-dealkylation sites (tertiary alicyclic amines) is 1. The maximum Gasteiger partial charge on any atom is 0.243 e. The molecule has 2 rings (SSSR count). The van der Waals surface area contributed by atoms with Gasteiger partial charge in [-0.15, -0.1) is 0 Å². The van der Waals surface area contributed by atoms with Crippen molar-refractivity contribution in [1.29, 1.82) is 0 Å². The highest BCUT2D eigenvalue weighted by Gasteiger charge is 2.40. The average molecular weight is 253 g/mol. The van der Waals surface area contributed by atoms with E-state index in [1.54, 1.807) is 0 Å². The van der Waals surface area contributed by atoms with Crippen molar-refractivity contribution in [1.82, 2.24) is 15.1 Å². The summed E-state index contributed by atoms with van der Waals surface area (Å²) in [6.45, 7) is 8.18. The summed E-state index contributed by atoms with van der Waals surface area (Å²) in [5, 5.41) is 3.35. The van der Waals surface area contributed by atoms with Gasteiger partial charge in [-0.25, -0.2) is 0 Å². The Morgan fingerprint density at radius 3 is 2.61 bits per heavy atom. The Morgan fingerprint density at radius 2 is 2.06 bits per heavy atom. The molecule has 0 aromatic carbocycles. The number of carbonyl (C=O) groups excluding carboxylic acids is 1. The number of amides is 1. The molecule has 2 fully saturated rings. The molecule has 104 valence electrons. The van der Waals surface area contributed by atoms with Crippen LogP contribution in [-0.2, 0) is 4.79 Å². The van der Waals surface area contributed by atoms with E-state index in [2.05, 4.69) is 24.2 Å². The maximum absolute atomic E-state index is 12.2. The first-order valence-corrected chi connectivity index (χ1v) is 7.28. The van der Waals surface area contributed by atoms with Crippen molar-refractivity contribution in [3.05, 3.63) is 0 Å². The van der Waals surface area contributed by atoms with Crippen LogP contribution >= 0.6 is 0 Å². The molecule has 0 bridgehead atoms. The minimum atomic E-state index is -0.313. The highest BCUT2D eigenvalue weighted by atomic mass is 16.2. The summed E-state index contributed by atoms with van der Waals surface area (Å²) < 4.78 is 0. The highest BCUT2D eigenvalue weighted by Crippen LogP contribution is 2.23. The van der Waals surface area contributed by atoms with Crippen molar-refractivity contribution in [2.24, 2.45) is 5.92 Å². The van der Waals surface area contributed by atoms with E-state index in [0.29, 0.717) is 0 Å². The van der Waals surface area contributed by atoms with Crippen molar-refractivity contribution in [2.45, 2.75) is 45.1 Å². The van der Waals surface area contributed by atoms with Gasteiger partial charge in [0.15, 0.2) is 0 Å². The number of piperidine rings is 1. The van der Waals surface area contributed by atoms with Gasteiger partial charge >= 0.3 is 0 Å². The molecule has 4 nitrogen and oxygen atoms in total. The third kappa shape index (κ3) is 2.86. The highest BCUT2D eigenvalue weighted by molar-refractivity contribution is 5.87. The lowest BCUT2D eigenvalue weighted by molar-refractivity contribution is -0.132. The fourth-order valence-electron chi connectivity index (χ4n) is 2.91. The summed E-state index contributed by atoms with van der Waals surface area (Å²) in [6.07, 6.45) is 4.62. The second-order valence-electron chi connectivity index (χ2n) is 6.12. The quantitative estimate of drug-likeness (QED) is 0.820. The zero-order valence-electron chi connectivity index (χ0n) is 12.0. The van der Waals surface area contributed by atoms with E-state index in [1.807, 2.05) is 11.8 Å². The molecule has 1 amide bonds. The molecule has 0 radical (unpaired) electrons. The predicted molar refractivity (Wildman–Crippen MR) is 73.2 cm³/mol. The zero-order chi connectivity index (χ0) is 13.2. The molecule has 0 spiro atoms. The van der Waals surface area contributed by atoms with Gasteiger partial charge in [-0.05, 0) is 58.7 Å². The molecule has 0 saturated carbocycles. The third-order valence-electron chi connectivity index (χ3n) is 4.77. The van der Waals surface area contributed by atoms with E-state index in [4.69, 9.17) is 0 Å². The van der Waals surface area contributed by atoms with Crippen LogP contribution in [0.1, 0.15) is 39.5 Å². The van der Waals surface area contributed by atoms with Crippen LogP contribution in [0.2, 0.25) is 0 Å². The fourth-order valence-corrected chi connectivity index (χ4v) is 2.91. The van der Waals surface area contributed by atoms with E-state index in [-0.39, 0.29) is 11.4 Å². The molecule has 1 atom stereocenters. The molecule has 1 N–H and O–H groups in total. The first-order chi connectivity index (χ1) is 8.55. The first kappa shape index (κ1) is 13.8. The van der Waals surface area contributed by atoms with Gasteiger partial charge in [0.25, 0.3) is 0 Å². The van der Waals surface area contributed by atoms with Crippen molar-refractivity contribution in [3.8, 4) is 0 Å². The second kappa shape index (κ2) is 5.57. The van der Waals surface area contributed by atoms with E-state index in [0.717, 1.165) is 25.6 Å². The van der Waals surface area contributed by atoms with Crippen molar-refractivity contribution >= 4 is 5.91 Å². The van der Waals surface area contributed by atoms with Crippen molar-refractivity contribution in [3.63, 3.8) is 0 Å². The smallest absolute Gasteiger partial charge is 0.243 e. The minimum Gasteiger partial charge on any atom is -0.328 e. The predicted octanol–water partition coefficient (Wildman–Crippen LogP) is 1.28. The molecule has 2 saturated heterocycles. The SMILES string of the molecule is CCC1(C)NCN(CCC2CCN(C)CC2)C1=O. The van der Waals surface area contributed by atoms with Crippen LogP contribution in [0.15, 0.2) is 0 Å². The minimum absolute atomic E-state index is 0.290. The fraction of sp³-hybridized carbons (Fsp3) is 0.929. The van der Waals surface area contributed by atoms with Gasteiger partial charge in [-0.1, -0.05) is 6.92 Å². The van der Waals surface area contributed by atoms with Gasteiger partial charge in [-0.2, -0.15) is 0 Å². The Labute approximate surface area is 111 Å². The Kier molecular flexibility index (Phi) is 4.28. The summed E-state index contributed by atoms with van der Waals surface area (Å²) >= 11 is 0. The molecule has 0 aromatic rings. The van der Waals surface area contributed by atoms with Gasteiger partial charge in [-0.3, -0.25) is 10.1 Å². The largest absolute Gasteiger partial charge is 0.328 e.